The number of hydrogen-bond acceptors (Lipinski definition) is 8. The van der Waals surface area contributed by atoms with E-state index in [2.05, 4.69) is 39.0 Å². The molecule has 0 radical (unpaired) electrons. The van der Waals surface area contributed by atoms with Crippen LogP contribution in [0.1, 0.15) is 27.7 Å². The van der Waals surface area contributed by atoms with Gasteiger partial charge in [0, 0.05) is 14.1 Å². The van der Waals surface area contributed by atoms with Gasteiger partial charge in [0.25, 0.3) is 5.88 Å². The molecule has 3 aromatic rings. The molecule has 0 amide bonds. The van der Waals surface area contributed by atoms with Crippen LogP contribution in [-0.4, -0.2) is 49.2 Å². The van der Waals surface area contributed by atoms with Crippen molar-refractivity contribution in [3.05, 3.63) is 45.8 Å². The molecule has 190 valence electrons. The van der Waals surface area contributed by atoms with Gasteiger partial charge in [-0.15, -0.1) is 11.6 Å². The van der Waals surface area contributed by atoms with Crippen LogP contribution >= 0.6 is 0 Å². The summed E-state index contributed by atoms with van der Waals surface area (Å²) in [4.78, 5) is 24.3. The number of nitrogens with one attached hydrogen (secondary N) is 1. The Morgan fingerprint density at radius 3 is 2.49 bits per heavy atom. The minimum Gasteiger partial charge on any atom is -0.517 e. The van der Waals surface area contributed by atoms with Gasteiger partial charge in [-0.25, -0.2) is 4.98 Å². The second-order valence-electron chi connectivity index (χ2n) is 6.97. The summed E-state index contributed by atoms with van der Waals surface area (Å²) in [6.07, 6.45) is 4.18. The largest absolute Gasteiger partial charge is 1.00 e. The minimum absolute atomic E-state index is 0. The van der Waals surface area contributed by atoms with E-state index >= 15 is 0 Å². The summed E-state index contributed by atoms with van der Waals surface area (Å²) in [5.74, 6) is 1.45. The molecule has 0 aliphatic heterocycles. The van der Waals surface area contributed by atoms with Crippen LogP contribution < -0.4 is 44.5 Å². The van der Waals surface area contributed by atoms with Crippen molar-refractivity contribution in [3.8, 4) is 5.88 Å². The Balaban J connectivity index is 0. The zero-order chi connectivity index (χ0) is 25.1. The predicted octanol–water partition coefficient (Wildman–Crippen LogP) is 1.46. The van der Waals surface area contributed by atoms with Gasteiger partial charge in [-0.1, -0.05) is 34.3 Å². The topological polar surface area (TPSA) is 103 Å². The third kappa shape index (κ3) is 9.58. The molecule has 0 atom stereocenters. The number of carbonyl (C=O) groups is 1. The molecule has 3 rings (SSSR count). The molecule has 0 aromatic carbocycles. The van der Waals surface area contributed by atoms with Crippen molar-refractivity contribution >= 4 is 34.9 Å². The van der Waals surface area contributed by atoms with Crippen molar-refractivity contribution in [2.75, 3.05) is 23.9 Å². The van der Waals surface area contributed by atoms with E-state index in [1.54, 1.807) is 28.8 Å². The summed E-state index contributed by atoms with van der Waals surface area (Å²) in [5.41, 5.74) is 2.46. The number of aldehydes is 1. The second kappa shape index (κ2) is 17.0. The van der Waals surface area contributed by atoms with E-state index < -0.39 is 0 Å². The molecule has 0 unspecified atom stereocenters. The molecule has 3 aromatic heterocycles. The molecule has 1 N–H and O–H groups in total. The van der Waals surface area contributed by atoms with Crippen molar-refractivity contribution < 1.29 is 43.5 Å². The molecule has 0 saturated carbocycles. The first kappa shape index (κ1) is 34.7. The van der Waals surface area contributed by atoms with Crippen LogP contribution in [0.25, 0.3) is 11.2 Å². The first-order chi connectivity index (χ1) is 15.7. The molecule has 35 heavy (non-hydrogen) atoms. The van der Waals surface area contributed by atoms with Crippen molar-refractivity contribution in [2.24, 2.45) is 20.0 Å². The number of carbonyl (C=O) groups excluding carboxylic acids is 1. The quantitative estimate of drug-likeness (QED) is 0.216. The zero-order valence-electron chi connectivity index (χ0n) is 22.3. The standard InChI is InChI=1S/C14H17FN8O.C6H10O.C2H6.CH3.Na/c1-21(6-5-15)14-18-11(10-12(19-14)22(2)8-16-10)17-9-7-23(3)20-13(9)24-4;1-5(2)6(3)4-7;1-2;;/h5,7-8H,1,6H2,2-4H3,(H,17,18,19);4-5H,3H2,1-2H3;1-2H3;1H3;/q-2;;;-1;+1. The van der Waals surface area contributed by atoms with Gasteiger partial charge >= 0.3 is 29.6 Å². The molecule has 0 spiro atoms. The van der Waals surface area contributed by atoms with Gasteiger partial charge in [0.2, 0.25) is 0 Å². The summed E-state index contributed by atoms with van der Waals surface area (Å²) >= 11 is 0. The number of allylic oxidation sites excluding steroid dienone is 1. The maximum Gasteiger partial charge on any atom is 1.00 e. The van der Waals surface area contributed by atoms with Crippen LogP contribution in [0.15, 0.2) is 24.7 Å². The van der Waals surface area contributed by atoms with Crippen LogP contribution in [0.2, 0.25) is 0 Å². The molecule has 0 aliphatic rings. The number of halogens is 1. The van der Waals surface area contributed by atoms with Crippen LogP contribution in [0.4, 0.5) is 21.8 Å². The fourth-order valence-corrected chi connectivity index (χ4v) is 2.36. The number of imidazole rings is 1. The fraction of sp³-hybridized carbons (Fsp3) is 0.391. The summed E-state index contributed by atoms with van der Waals surface area (Å²) in [6, 6.07) is 0. The third-order valence-electron chi connectivity index (χ3n) is 4.25. The molecule has 12 heteroatoms. The summed E-state index contributed by atoms with van der Waals surface area (Å²) in [7, 11) is 8.87. The van der Waals surface area contributed by atoms with E-state index in [0.29, 0.717) is 46.7 Å². The second-order valence-corrected chi connectivity index (χ2v) is 6.97. The number of fused-ring (bicyclic) bond motifs is 1. The molecule has 3 heterocycles. The minimum atomic E-state index is -0.0288. The third-order valence-corrected chi connectivity index (χ3v) is 4.25. The number of nitrogens with zero attached hydrogens (tertiary/aromatic N) is 7. The first-order valence-corrected chi connectivity index (χ1v) is 10.4. The van der Waals surface area contributed by atoms with Gasteiger partial charge in [-0.3, -0.25) is 16.5 Å². The molecular formula is C23H36FN8NaO2-2. The number of rotatable bonds is 8. The van der Waals surface area contributed by atoms with Crippen LogP contribution in [-0.2, 0) is 18.9 Å². The number of ether oxygens (including phenoxy) is 1. The van der Waals surface area contributed by atoms with E-state index in [0.717, 1.165) is 6.29 Å². The predicted molar refractivity (Wildman–Crippen MR) is 135 cm³/mol. The van der Waals surface area contributed by atoms with Crippen molar-refractivity contribution in [3.63, 3.8) is 0 Å². The zero-order valence-corrected chi connectivity index (χ0v) is 24.3. The molecule has 0 saturated heterocycles. The van der Waals surface area contributed by atoms with E-state index in [1.165, 1.54) is 12.0 Å². The average Bonchev–Trinajstić information content (AvgIpc) is 3.36. The van der Waals surface area contributed by atoms with Crippen molar-refractivity contribution in [1.29, 1.82) is 0 Å². The number of aryl methyl sites for hydroxylation is 2. The number of aromatic nitrogens is 6. The number of anilines is 3. The summed E-state index contributed by atoms with van der Waals surface area (Å²) in [6.45, 7) is 11.8. The molecule has 0 aliphatic carbocycles. The summed E-state index contributed by atoms with van der Waals surface area (Å²) in [5, 5.41) is 7.33. The Morgan fingerprint density at radius 2 is 2.00 bits per heavy atom. The Morgan fingerprint density at radius 1 is 1.37 bits per heavy atom. The Kier molecular flexibility index (Phi) is 16.9. The van der Waals surface area contributed by atoms with Gasteiger partial charge in [0.1, 0.15) is 12.0 Å². The molecule has 10 nitrogen and oxygen atoms in total. The van der Waals surface area contributed by atoms with E-state index in [9.17, 15) is 9.18 Å². The van der Waals surface area contributed by atoms with E-state index in [1.807, 2.05) is 34.7 Å². The average molecular weight is 499 g/mol. The van der Waals surface area contributed by atoms with Crippen molar-refractivity contribution in [1.82, 2.24) is 29.3 Å². The maximum atomic E-state index is 12.5. The first-order valence-electron chi connectivity index (χ1n) is 10.4. The Hall–Kier alpha value is -2.50. The summed E-state index contributed by atoms with van der Waals surface area (Å²) < 4.78 is 21.1. The number of methoxy groups -OCH3 is 1. The van der Waals surface area contributed by atoms with Gasteiger partial charge in [0.05, 0.1) is 19.6 Å². The molecular weight excluding hydrogens is 462 g/mol. The molecule has 0 bridgehead atoms. The number of hydrogen-bond donors (Lipinski definition) is 1. The Bertz CT molecular complexity index is 1050. The SMILES string of the molecule is C=C(C=O)C(C)C.CC.[CH2-]N(C[CH-]F)c1nc(Nc2cn(C)nc2OC)c2ncn(C)c2n1.[CH3-].[Na+]. The Labute approximate surface area is 230 Å². The van der Waals surface area contributed by atoms with Crippen LogP contribution in [0.5, 0.6) is 5.88 Å². The van der Waals surface area contributed by atoms with Crippen LogP contribution in [0.3, 0.4) is 0 Å². The van der Waals surface area contributed by atoms with Crippen molar-refractivity contribution in [2.45, 2.75) is 27.7 Å². The molecule has 0 fully saturated rings. The van der Waals surface area contributed by atoms with E-state index in [4.69, 9.17) is 4.74 Å². The fourth-order valence-electron chi connectivity index (χ4n) is 2.36. The van der Waals surface area contributed by atoms with Gasteiger partial charge in [-0.05, 0) is 11.5 Å². The van der Waals surface area contributed by atoms with Crippen LogP contribution in [0, 0.1) is 27.1 Å². The van der Waals surface area contributed by atoms with E-state index in [-0.39, 0.29) is 49.5 Å². The smallest absolute Gasteiger partial charge is 0.517 e. The van der Waals surface area contributed by atoms with Gasteiger partial charge < -0.3 is 31.3 Å². The maximum absolute atomic E-state index is 12.5. The van der Waals surface area contributed by atoms with Gasteiger partial charge in [-0.2, -0.15) is 16.6 Å². The van der Waals surface area contributed by atoms with Gasteiger partial charge in [0.15, 0.2) is 22.9 Å². The normalized spacial score (nSPS) is 9.54. The monoisotopic (exact) mass is 498 g/mol.